The SMILES string of the molecule is Cc1ccc(S(=O)(=O)N(CC(=O)N[C@H](C)c2ccccc2)Cc2c(Cl)cccc2Cl)cc1. The lowest BCUT2D eigenvalue weighted by molar-refractivity contribution is -0.122. The zero-order valence-corrected chi connectivity index (χ0v) is 20.1. The molecular formula is C24H24Cl2N2O3S. The van der Waals surface area contributed by atoms with E-state index in [1.165, 1.54) is 12.1 Å². The lowest BCUT2D eigenvalue weighted by Crippen LogP contribution is -2.41. The van der Waals surface area contributed by atoms with Crippen molar-refractivity contribution in [2.75, 3.05) is 6.54 Å². The number of hydrogen-bond donors (Lipinski definition) is 1. The van der Waals surface area contributed by atoms with Crippen LogP contribution >= 0.6 is 23.2 Å². The van der Waals surface area contributed by atoms with Crippen molar-refractivity contribution in [3.63, 3.8) is 0 Å². The summed E-state index contributed by atoms with van der Waals surface area (Å²) >= 11 is 12.6. The predicted molar refractivity (Wildman–Crippen MR) is 128 cm³/mol. The average molecular weight is 491 g/mol. The summed E-state index contributed by atoms with van der Waals surface area (Å²) in [5, 5.41) is 3.53. The number of carbonyl (C=O) groups is 1. The highest BCUT2D eigenvalue weighted by Gasteiger charge is 2.28. The number of amides is 1. The Kier molecular flexibility index (Phi) is 7.96. The fourth-order valence-corrected chi connectivity index (χ4v) is 5.10. The van der Waals surface area contributed by atoms with Crippen LogP contribution in [0.5, 0.6) is 0 Å². The molecule has 5 nitrogen and oxygen atoms in total. The van der Waals surface area contributed by atoms with E-state index in [0.29, 0.717) is 15.6 Å². The molecule has 0 saturated carbocycles. The summed E-state index contributed by atoms with van der Waals surface area (Å²) in [6.45, 7) is 3.20. The first-order chi connectivity index (χ1) is 15.2. The highest BCUT2D eigenvalue weighted by molar-refractivity contribution is 7.89. The molecule has 8 heteroatoms. The number of nitrogens with zero attached hydrogens (tertiary/aromatic N) is 1. The van der Waals surface area contributed by atoms with Gasteiger partial charge in [-0.2, -0.15) is 4.31 Å². The number of sulfonamides is 1. The zero-order chi connectivity index (χ0) is 23.3. The number of nitrogens with one attached hydrogen (secondary N) is 1. The molecule has 3 aromatic rings. The molecule has 0 heterocycles. The van der Waals surface area contributed by atoms with Gasteiger partial charge in [0.2, 0.25) is 15.9 Å². The molecule has 1 atom stereocenters. The van der Waals surface area contributed by atoms with Crippen LogP contribution < -0.4 is 5.32 Å². The molecule has 1 amide bonds. The average Bonchev–Trinajstić information content (AvgIpc) is 2.76. The van der Waals surface area contributed by atoms with Gasteiger partial charge in [0.1, 0.15) is 0 Å². The van der Waals surface area contributed by atoms with Crippen molar-refractivity contribution in [3.05, 3.63) is 99.5 Å². The third-order valence-electron chi connectivity index (χ3n) is 5.05. The van der Waals surface area contributed by atoms with E-state index in [2.05, 4.69) is 5.32 Å². The quantitative estimate of drug-likeness (QED) is 0.461. The molecule has 0 aliphatic heterocycles. The molecule has 0 saturated heterocycles. The highest BCUT2D eigenvalue weighted by atomic mass is 35.5. The molecule has 0 spiro atoms. The first-order valence-electron chi connectivity index (χ1n) is 10.0. The minimum atomic E-state index is -3.99. The van der Waals surface area contributed by atoms with Crippen molar-refractivity contribution in [2.45, 2.75) is 31.3 Å². The number of hydrogen-bond acceptors (Lipinski definition) is 3. The molecule has 1 N–H and O–H groups in total. The number of carbonyl (C=O) groups excluding carboxylic acids is 1. The molecule has 0 bridgehead atoms. The number of aryl methyl sites for hydroxylation is 1. The topological polar surface area (TPSA) is 66.5 Å². The Hall–Kier alpha value is -2.38. The second kappa shape index (κ2) is 10.5. The van der Waals surface area contributed by atoms with Gasteiger partial charge in [0.15, 0.2) is 0 Å². The highest BCUT2D eigenvalue weighted by Crippen LogP contribution is 2.28. The van der Waals surface area contributed by atoms with Gasteiger partial charge in [0, 0.05) is 22.2 Å². The lowest BCUT2D eigenvalue weighted by atomic mass is 10.1. The second-order valence-corrected chi connectivity index (χ2v) is 10.2. The van der Waals surface area contributed by atoms with E-state index in [9.17, 15) is 13.2 Å². The van der Waals surface area contributed by atoms with Gasteiger partial charge in [-0.3, -0.25) is 4.79 Å². The Morgan fingerprint density at radius 2 is 1.53 bits per heavy atom. The maximum absolute atomic E-state index is 13.4. The van der Waals surface area contributed by atoms with E-state index < -0.39 is 15.9 Å². The number of halogens is 2. The van der Waals surface area contributed by atoms with Crippen LogP contribution in [0, 0.1) is 6.92 Å². The largest absolute Gasteiger partial charge is 0.348 e. The van der Waals surface area contributed by atoms with Crippen LogP contribution in [-0.4, -0.2) is 25.2 Å². The molecule has 0 aromatic heterocycles. The van der Waals surface area contributed by atoms with Crippen molar-refractivity contribution in [1.82, 2.24) is 9.62 Å². The van der Waals surface area contributed by atoms with Crippen LogP contribution in [0.2, 0.25) is 10.0 Å². The van der Waals surface area contributed by atoms with Gasteiger partial charge in [-0.1, -0.05) is 77.3 Å². The maximum atomic E-state index is 13.4. The summed E-state index contributed by atoms with van der Waals surface area (Å²) in [6, 6.07) is 20.6. The van der Waals surface area contributed by atoms with E-state index in [-0.39, 0.29) is 24.0 Å². The van der Waals surface area contributed by atoms with Crippen LogP contribution in [0.25, 0.3) is 0 Å². The molecule has 3 aromatic carbocycles. The van der Waals surface area contributed by atoms with Crippen LogP contribution in [0.15, 0.2) is 77.7 Å². The van der Waals surface area contributed by atoms with Gasteiger partial charge >= 0.3 is 0 Å². The van der Waals surface area contributed by atoms with Crippen molar-refractivity contribution >= 4 is 39.1 Å². The fraction of sp³-hybridized carbons (Fsp3) is 0.208. The third-order valence-corrected chi connectivity index (χ3v) is 7.57. The zero-order valence-electron chi connectivity index (χ0n) is 17.8. The van der Waals surface area contributed by atoms with Gasteiger partial charge in [0.25, 0.3) is 0 Å². The number of rotatable bonds is 8. The Balaban J connectivity index is 1.89. The summed E-state index contributed by atoms with van der Waals surface area (Å²) in [5.74, 6) is -0.430. The van der Waals surface area contributed by atoms with Crippen molar-refractivity contribution in [1.29, 1.82) is 0 Å². The van der Waals surface area contributed by atoms with Crippen LogP contribution in [-0.2, 0) is 21.4 Å². The smallest absolute Gasteiger partial charge is 0.243 e. The first kappa shape index (κ1) is 24.3. The Labute approximate surface area is 199 Å². The molecule has 0 radical (unpaired) electrons. The van der Waals surface area contributed by atoms with Gasteiger partial charge in [-0.05, 0) is 43.7 Å². The predicted octanol–water partition coefficient (Wildman–Crippen LogP) is 5.37. The van der Waals surface area contributed by atoms with Gasteiger partial charge < -0.3 is 5.32 Å². The van der Waals surface area contributed by atoms with Crippen LogP contribution in [0.1, 0.15) is 29.7 Å². The summed E-state index contributed by atoms with van der Waals surface area (Å²) < 4.78 is 27.9. The molecule has 0 fully saturated rings. The third kappa shape index (κ3) is 5.90. The van der Waals surface area contributed by atoms with Crippen LogP contribution in [0.3, 0.4) is 0 Å². The van der Waals surface area contributed by atoms with Gasteiger partial charge in [-0.15, -0.1) is 0 Å². The first-order valence-corrected chi connectivity index (χ1v) is 12.2. The van der Waals surface area contributed by atoms with Crippen molar-refractivity contribution < 1.29 is 13.2 Å². The van der Waals surface area contributed by atoms with Crippen LogP contribution in [0.4, 0.5) is 0 Å². The van der Waals surface area contributed by atoms with Gasteiger partial charge in [0.05, 0.1) is 17.5 Å². The summed E-state index contributed by atoms with van der Waals surface area (Å²) in [7, 11) is -3.99. The standard InChI is InChI=1S/C24H24Cl2N2O3S/c1-17-11-13-20(14-12-17)32(30,31)28(15-21-22(25)9-6-10-23(21)26)16-24(29)27-18(2)19-7-4-3-5-8-19/h3-14,18H,15-16H2,1-2H3,(H,27,29)/t18-/m1/s1. The normalized spacial score (nSPS) is 12.5. The van der Waals surface area contributed by atoms with Gasteiger partial charge in [-0.25, -0.2) is 8.42 Å². The lowest BCUT2D eigenvalue weighted by Gasteiger charge is -2.24. The molecular weight excluding hydrogens is 467 g/mol. The van der Waals surface area contributed by atoms with E-state index >= 15 is 0 Å². The maximum Gasteiger partial charge on any atom is 0.243 e. The molecule has 168 valence electrons. The van der Waals surface area contributed by atoms with E-state index in [0.717, 1.165) is 15.4 Å². The van der Waals surface area contributed by atoms with E-state index in [1.807, 2.05) is 44.2 Å². The van der Waals surface area contributed by atoms with Crippen molar-refractivity contribution in [3.8, 4) is 0 Å². The minimum Gasteiger partial charge on any atom is -0.348 e. The summed E-state index contributed by atoms with van der Waals surface area (Å²) in [4.78, 5) is 12.9. The Morgan fingerprint density at radius 1 is 0.938 bits per heavy atom. The molecule has 0 unspecified atom stereocenters. The Bertz CT molecular complexity index is 1160. The Morgan fingerprint density at radius 3 is 2.12 bits per heavy atom. The van der Waals surface area contributed by atoms with E-state index in [4.69, 9.17) is 23.2 Å². The summed E-state index contributed by atoms with van der Waals surface area (Å²) in [6.07, 6.45) is 0. The molecule has 32 heavy (non-hydrogen) atoms. The molecule has 0 aliphatic rings. The summed E-state index contributed by atoms with van der Waals surface area (Å²) in [5.41, 5.74) is 2.29. The molecule has 0 aliphatic carbocycles. The van der Waals surface area contributed by atoms with Crippen molar-refractivity contribution in [2.24, 2.45) is 0 Å². The second-order valence-electron chi connectivity index (χ2n) is 7.49. The monoisotopic (exact) mass is 490 g/mol. The molecule has 3 rings (SSSR count). The number of benzene rings is 3. The minimum absolute atomic E-state index is 0.0928. The fourth-order valence-electron chi connectivity index (χ4n) is 3.22. The van der Waals surface area contributed by atoms with E-state index in [1.54, 1.807) is 30.3 Å².